The first-order chi connectivity index (χ1) is 11.2. The highest BCUT2D eigenvalue weighted by atomic mass is 32.2. The van der Waals surface area contributed by atoms with Gasteiger partial charge in [0.05, 0.1) is 0 Å². The summed E-state index contributed by atoms with van der Waals surface area (Å²) in [5, 5.41) is 0. The molecule has 0 bridgehead atoms. The van der Waals surface area contributed by atoms with Crippen LogP contribution in [0.2, 0.25) is 0 Å². The number of benzene rings is 1. The molecule has 0 aliphatic carbocycles. The fraction of sp³-hybridized carbons (Fsp3) is 0.400. The van der Waals surface area contributed by atoms with Gasteiger partial charge in [-0.1, -0.05) is 55.6 Å². The van der Waals surface area contributed by atoms with Crippen molar-refractivity contribution in [3.63, 3.8) is 0 Å². The molecule has 0 saturated heterocycles. The van der Waals surface area contributed by atoms with Crippen LogP contribution in [-0.4, -0.2) is 49.3 Å². The van der Waals surface area contributed by atoms with Gasteiger partial charge in [0.1, 0.15) is 0 Å². The summed E-state index contributed by atoms with van der Waals surface area (Å²) in [5.74, 6) is 1.07. The third kappa shape index (κ3) is 9.44. The summed E-state index contributed by atoms with van der Waals surface area (Å²) in [7, 11) is 4.27. The summed E-state index contributed by atoms with van der Waals surface area (Å²) < 4.78 is 0. The predicted molar refractivity (Wildman–Crippen MR) is 106 cm³/mol. The zero-order valence-corrected chi connectivity index (χ0v) is 15.4. The van der Waals surface area contributed by atoms with Crippen LogP contribution in [0.3, 0.4) is 0 Å². The van der Waals surface area contributed by atoms with Gasteiger partial charge in [-0.15, -0.1) is 11.8 Å². The van der Waals surface area contributed by atoms with E-state index < -0.39 is 0 Å². The van der Waals surface area contributed by atoms with Gasteiger partial charge in [-0.05, 0) is 45.2 Å². The molecule has 23 heavy (non-hydrogen) atoms. The van der Waals surface area contributed by atoms with Crippen molar-refractivity contribution in [2.75, 3.05) is 39.5 Å². The van der Waals surface area contributed by atoms with E-state index in [1.54, 1.807) is 0 Å². The van der Waals surface area contributed by atoms with Crippen molar-refractivity contribution < 1.29 is 0 Å². The summed E-state index contributed by atoms with van der Waals surface area (Å²) in [5.41, 5.74) is 1.38. The van der Waals surface area contributed by atoms with E-state index in [0.29, 0.717) is 0 Å². The second-order valence-corrected chi connectivity index (χ2v) is 6.94. The lowest BCUT2D eigenvalue weighted by Crippen LogP contribution is -2.29. The van der Waals surface area contributed by atoms with E-state index in [1.807, 2.05) is 30.0 Å². The Morgan fingerprint density at radius 1 is 1.09 bits per heavy atom. The van der Waals surface area contributed by atoms with Gasteiger partial charge in [0.15, 0.2) is 0 Å². The maximum Gasteiger partial charge on any atom is 0.0234 e. The molecule has 0 aliphatic heterocycles. The summed E-state index contributed by atoms with van der Waals surface area (Å²) in [4.78, 5) is 5.98. The van der Waals surface area contributed by atoms with Crippen LogP contribution < -0.4 is 0 Å². The molecule has 0 fully saturated rings. The Bertz CT molecular complexity index is 480. The monoisotopic (exact) mass is 330 g/mol. The van der Waals surface area contributed by atoms with E-state index in [2.05, 4.69) is 67.4 Å². The van der Waals surface area contributed by atoms with E-state index in [1.165, 1.54) is 16.9 Å². The first kappa shape index (κ1) is 19.8. The van der Waals surface area contributed by atoms with Gasteiger partial charge in [-0.3, -0.25) is 4.90 Å². The third-order valence-electron chi connectivity index (χ3n) is 3.49. The lowest BCUT2D eigenvalue weighted by Gasteiger charge is -2.23. The molecule has 0 aliphatic rings. The Labute approximate surface area is 146 Å². The quantitative estimate of drug-likeness (QED) is 0.524. The molecule has 0 amide bonds. The second kappa shape index (κ2) is 12.2. The van der Waals surface area contributed by atoms with Gasteiger partial charge in [-0.25, -0.2) is 0 Å². The second-order valence-electron chi connectivity index (χ2n) is 5.78. The molecule has 1 aromatic rings. The molecule has 0 atom stereocenters. The smallest absolute Gasteiger partial charge is 0.0234 e. The summed E-state index contributed by atoms with van der Waals surface area (Å²) in [6, 6.07) is 10.7. The van der Waals surface area contributed by atoms with E-state index in [0.717, 1.165) is 31.9 Å². The number of allylic oxidation sites excluding steroid dienone is 3. The molecule has 0 spiro atoms. The lowest BCUT2D eigenvalue weighted by atomic mass is 10.2. The van der Waals surface area contributed by atoms with Gasteiger partial charge in [0.25, 0.3) is 0 Å². The van der Waals surface area contributed by atoms with Crippen molar-refractivity contribution in [1.29, 1.82) is 0 Å². The van der Waals surface area contributed by atoms with Crippen LogP contribution in [0.5, 0.6) is 0 Å². The van der Waals surface area contributed by atoms with Crippen LogP contribution in [0.4, 0.5) is 0 Å². The minimum absolute atomic E-state index is 1.02. The van der Waals surface area contributed by atoms with Crippen LogP contribution in [0.1, 0.15) is 12.0 Å². The first-order valence-electron chi connectivity index (χ1n) is 8.14. The lowest BCUT2D eigenvalue weighted by molar-refractivity contribution is 0.261. The summed E-state index contributed by atoms with van der Waals surface area (Å²) >= 11 is 1.84. The highest BCUT2D eigenvalue weighted by Crippen LogP contribution is 2.17. The Morgan fingerprint density at radius 2 is 1.83 bits per heavy atom. The SMILES string of the molecule is C=C/C=C(\C=C)SCCN(CCCN(C)C)Cc1ccccc1. The number of rotatable bonds is 12. The van der Waals surface area contributed by atoms with Crippen molar-refractivity contribution in [1.82, 2.24) is 9.80 Å². The normalized spacial score (nSPS) is 11.9. The van der Waals surface area contributed by atoms with Gasteiger partial charge < -0.3 is 4.90 Å². The molecular weight excluding hydrogens is 300 g/mol. The molecule has 2 nitrogen and oxygen atoms in total. The molecule has 0 unspecified atom stereocenters. The molecule has 1 rings (SSSR count). The Hall–Kier alpha value is -1.29. The molecule has 0 radical (unpaired) electrons. The number of hydrogen-bond donors (Lipinski definition) is 0. The predicted octanol–water partition coefficient (Wildman–Crippen LogP) is 4.43. The third-order valence-corrected chi connectivity index (χ3v) is 4.51. The molecule has 126 valence electrons. The van der Waals surface area contributed by atoms with Gasteiger partial charge in [0, 0.05) is 23.7 Å². The fourth-order valence-corrected chi connectivity index (χ4v) is 3.20. The number of hydrogen-bond acceptors (Lipinski definition) is 3. The summed E-state index contributed by atoms with van der Waals surface area (Å²) in [6.45, 7) is 12.0. The van der Waals surface area contributed by atoms with E-state index >= 15 is 0 Å². The fourth-order valence-electron chi connectivity index (χ4n) is 2.31. The van der Waals surface area contributed by atoms with Gasteiger partial charge >= 0.3 is 0 Å². The topological polar surface area (TPSA) is 6.48 Å². The van der Waals surface area contributed by atoms with Crippen molar-refractivity contribution in [2.24, 2.45) is 0 Å². The standard InChI is InChI=1S/C20H30N2S/c1-5-11-20(6-2)23-17-16-22(15-10-14-21(3)4)18-19-12-8-7-9-13-19/h5-9,11-13H,1-2,10,14-18H2,3-4H3/b20-11+. The van der Waals surface area contributed by atoms with Crippen LogP contribution >= 0.6 is 11.8 Å². The molecule has 0 N–H and O–H groups in total. The Kier molecular flexibility index (Phi) is 10.5. The van der Waals surface area contributed by atoms with Crippen molar-refractivity contribution in [2.45, 2.75) is 13.0 Å². The first-order valence-corrected chi connectivity index (χ1v) is 9.13. The average Bonchev–Trinajstić information content (AvgIpc) is 2.54. The maximum absolute atomic E-state index is 3.86. The van der Waals surface area contributed by atoms with Gasteiger partial charge in [0.2, 0.25) is 0 Å². The van der Waals surface area contributed by atoms with Crippen molar-refractivity contribution in [3.05, 3.63) is 72.2 Å². The number of thioether (sulfide) groups is 1. The Morgan fingerprint density at radius 3 is 2.43 bits per heavy atom. The average molecular weight is 331 g/mol. The molecule has 0 aromatic heterocycles. The molecule has 1 aromatic carbocycles. The molecular formula is C20H30N2S. The maximum atomic E-state index is 3.86. The highest BCUT2D eigenvalue weighted by Gasteiger charge is 2.07. The van der Waals surface area contributed by atoms with Crippen LogP contribution in [0.25, 0.3) is 0 Å². The van der Waals surface area contributed by atoms with E-state index in [9.17, 15) is 0 Å². The van der Waals surface area contributed by atoms with Crippen LogP contribution in [0, 0.1) is 0 Å². The van der Waals surface area contributed by atoms with Crippen LogP contribution in [0.15, 0.2) is 66.6 Å². The van der Waals surface area contributed by atoms with Gasteiger partial charge in [-0.2, -0.15) is 0 Å². The van der Waals surface area contributed by atoms with Crippen molar-refractivity contribution >= 4 is 11.8 Å². The van der Waals surface area contributed by atoms with E-state index in [-0.39, 0.29) is 0 Å². The molecule has 0 heterocycles. The minimum atomic E-state index is 1.02. The van der Waals surface area contributed by atoms with E-state index in [4.69, 9.17) is 0 Å². The minimum Gasteiger partial charge on any atom is -0.309 e. The molecule has 3 heteroatoms. The number of nitrogens with zero attached hydrogens (tertiary/aromatic N) is 2. The summed E-state index contributed by atoms with van der Waals surface area (Å²) in [6.07, 6.45) is 6.94. The molecule has 0 saturated carbocycles. The Balaban J connectivity index is 2.51. The largest absolute Gasteiger partial charge is 0.309 e. The zero-order chi connectivity index (χ0) is 16.9. The van der Waals surface area contributed by atoms with Crippen molar-refractivity contribution in [3.8, 4) is 0 Å². The zero-order valence-electron chi connectivity index (χ0n) is 14.6. The van der Waals surface area contributed by atoms with Crippen LogP contribution in [-0.2, 0) is 6.54 Å². The highest BCUT2D eigenvalue weighted by molar-refractivity contribution is 8.03.